The molecular formula is C16H13Cl2N3O2. The zero-order valence-corrected chi connectivity index (χ0v) is 13.7. The van der Waals surface area contributed by atoms with Gasteiger partial charge in [-0.05, 0) is 36.4 Å². The normalized spacial score (nSPS) is 10.6. The Morgan fingerprint density at radius 3 is 2.22 bits per heavy atom. The summed E-state index contributed by atoms with van der Waals surface area (Å²) in [6.07, 6.45) is 1.38. The molecular weight excluding hydrogens is 337 g/mol. The van der Waals surface area contributed by atoms with E-state index in [1.165, 1.54) is 13.1 Å². The zero-order chi connectivity index (χ0) is 16.8. The lowest BCUT2D eigenvalue weighted by atomic mass is 10.2. The first-order valence-electron chi connectivity index (χ1n) is 6.62. The number of carbonyl (C=O) groups excluding carboxylic acids is 2. The lowest BCUT2D eigenvalue weighted by molar-refractivity contribution is -0.114. The first-order valence-corrected chi connectivity index (χ1v) is 7.38. The molecule has 0 bridgehead atoms. The molecule has 0 saturated carbocycles. The maximum absolute atomic E-state index is 12.0. The second-order valence-corrected chi connectivity index (χ2v) is 5.41. The number of nitrogens with one attached hydrogen (secondary N) is 2. The van der Waals surface area contributed by atoms with Crippen LogP contribution in [0, 0.1) is 0 Å². The molecule has 0 radical (unpaired) electrons. The van der Waals surface area contributed by atoms with Crippen LogP contribution in [0.2, 0.25) is 10.0 Å². The van der Waals surface area contributed by atoms with E-state index in [9.17, 15) is 9.59 Å². The van der Waals surface area contributed by atoms with Gasteiger partial charge in [-0.25, -0.2) is 5.43 Å². The Hall–Kier alpha value is -2.37. The van der Waals surface area contributed by atoms with E-state index < -0.39 is 0 Å². The Labute approximate surface area is 143 Å². The molecule has 2 aromatic carbocycles. The van der Waals surface area contributed by atoms with Crippen molar-refractivity contribution in [1.29, 1.82) is 0 Å². The number of benzene rings is 2. The highest BCUT2D eigenvalue weighted by Gasteiger charge is 2.05. The SMILES string of the molecule is CC(=O)Nc1ccc(C(=O)N/N=C/c2c(Cl)cccc2Cl)cc1. The zero-order valence-electron chi connectivity index (χ0n) is 12.1. The summed E-state index contributed by atoms with van der Waals surface area (Å²) in [6, 6.07) is 11.5. The van der Waals surface area contributed by atoms with Gasteiger partial charge in [0.2, 0.25) is 5.91 Å². The minimum absolute atomic E-state index is 0.177. The van der Waals surface area contributed by atoms with Gasteiger partial charge in [-0.1, -0.05) is 29.3 Å². The summed E-state index contributed by atoms with van der Waals surface area (Å²) >= 11 is 12.0. The Morgan fingerprint density at radius 1 is 1.04 bits per heavy atom. The molecule has 0 aliphatic rings. The van der Waals surface area contributed by atoms with E-state index in [1.807, 2.05) is 0 Å². The summed E-state index contributed by atoms with van der Waals surface area (Å²) in [5.41, 5.74) is 3.93. The van der Waals surface area contributed by atoms with Gasteiger partial charge in [0, 0.05) is 23.7 Å². The number of hydrogen-bond acceptors (Lipinski definition) is 3. The van der Waals surface area contributed by atoms with Crippen molar-refractivity contribution < 1.29 is 9.59 Å². The molecule has 2 N–H and O–H groups in total. The monoisotopic (exact) mass is 349 g/mol. The van der Waals surface area contributed by atoms with Gasteiger partial charge in [-0.3, -0.25) is 9.59 Å². The molecule has 118 valence electrons. The lowest BCUT2D eigenvalue weighted by Crippen LogP contribution is -2.17. The van der Waals surface area contributed by atoms with Crippen LogP contribution in [0.4, 0.5) is 5.69 Å². The largest absolute Gasteiger partial charge is 0.326 e. The minimum atomic E-state index is -0.390. The lowest BCUT2D eigenvalue weighted by Gasteiger charge is -2.04. The summed E-state index contributed by atoms with van der Waals surface area (Å²) < 4.78 is 0. The molecule has 0 unspecified atom stereocenters. The number of rotatable bonds is 4. The molecule has 0 atom stereocenters. The van der Waals surface area contributed by atoms with Gasteiger partial charge in [0.1, 0.15) is 0 Å². The maximum Gasteiger partial charge on any atom is 0.271 e. The Kier molecular flexibility index (Phi) is 5.73. The highest BCUT2D eigenvalue weighted by atomic mass is 35.5. The van der Waals surface area contributed by atoms with Crippen LogP contribution < -0.4 is 10.7 Å². The molecule has 0 aromatic heterocycles. The molecule has 0 aliphatic heterocycles. The summed E-state index contributed by atoms with van der Waals surface area (Å²) in [5, 5.41) is 7.35. The molecule has 0 spiro atoms. The van der Waals surface area contributed by atoms with Gasteiger partial charge in [0.05, 0.1) is 16.3 Å². The summed E-state index contributed by atoms with van der Waals surface area (Å²) in [7, 11) is 0. The van der Waals surface area contributed by atoms with Crippen molar-refractivity contribution in [1.82, 2.24) is 5.43 Å². The van der Waals surface area contributed by atoms with Crippen molar-refractivity contribution in [2.75, 3.05) is 5.32 Å². The fourth-order valence-corrected chi connectivity index (χ4v) is 2.26. The van der Waals surface area contributed by atoms with Gasteiger partial charge < -0.3 is 5.32 Å². The molecule has 23 heavy (non-hydrogen) atoms. The van der Waals surface area contributed by atoms with E-state index in [1.54, 1.807) is 42.5 Å². The minimum Gasteiger partial charge on any atom is -0.326 e. The molecule has 2 amide bonds. The van der Waals surface area contributed by atoms with Crippen LogP contribution in [0.5, 0.6) is 0 Å². The Balaban J connectivity index is 2.02. The summed E-state index contributed by atoms with van der Waals surface area (Å²) in [6.45, 7) is 1.41. The van der Waals surface area contributed by atoms with Crippen molar-refractivity contribution in [3.8, 4) is 0 Å². The van der Waals surface area contributed by atoms with E-state index in [-0.39, 0.29) is 11.8 Å². The van der Waals surface area contributed by atoms with E-state index in [2.05, 4.69) is 15.8 Å². The van der Waals surface area contributed by atoms with Gasteiger partial charge in [-0.15, -0.1) is 0 Å². The first kappa shape index (κ1) is 17.0. The summed E-state index contributed by atoms with van der Waals surface area (Å²) in [4.78, 5) is 22.9. The van der Waals surface area contributed by atoms with Crippen LogP contribution in [0.15, 0.2) is 47.6 Å². The van der Waals surface area contributed by atoms with Crippen LogP contribution in [-0.4, -0.2) is 18.0 Å². The highest BCUT2D eigenvalue weighted by molar-refractivity contribution is 6.38. The van der Waals surface area contributed by atoms with Crippen molar-refractivity contribution in [2.45, 2.75) is 6.92 Å². The van der Waals surface area contributed by atoms with Crippen LogP contribution in [-0.2, 0) is 4.79 Å². The number of carbonyl (C=O) groups is 2. The van der Waals surface area contributed by atoms with Crippen molar-refractivity contribution in [3.05, 3.63) is 63.6 Å². The second-order valence-electron chi connectivity index (χ2n) is 4.59. The third-order valence-electron chi connectivity index (χ3n) is 2.83. The average Bonchev–Trinajstić information content (AvgIpc) is 2.50. The standard InChI is InChI=1S/C16H13Cl2N3O2/c1-10(22)20-12-7-5-11(6-8-12)16(23)21-19-9-13-14(17)3-2-4-15(13)18/h2-9H,1H3,(H,20,22)(H,21,23)/b19-9+. The van der Waals surface area contributed by atoms with Gasteiger partial charge in [0.15, 0.2) is 0 Å². The van der Waals surface area contributed by atoms with Crippen LogP contribution in [0.3, 0.4) is 0 Å². The molecule has 0 saturated heterocycles. The number of amides is 2. The van der Waals surface area contributed by atoms with E-state index >= 15 is 0 Å². The molecule has 2 aromatic rings. The quantitative estimate of drug-likeness (QED) is 0.652. The van der Waals surface area contributed by atoms with Crippen LogP contribution in [0.25, 0.3) is 0 Å². The first-order chi connectivity index (χ1) is 11.0. The van der Waals surface area contributed by atoms with E-state index in [0.717, 1.165) is 0 Å². The second kappa shape index (κ2) is 7.76. The number of nitrogens with zero attached hydrogens (tertiary/aromatic N) is 1. The smallest absolute Gasteiger partial charge is 0.271 e. The number of hydrazone groups is 1. The van der Waals surface area contributed by atoms with Gasteiger partial charge in [-0.2, -0.15) is 5.10 Å². The van der Waals surface area contributed by atoms with Gasteiger partial charge in [0.25, 0.3) is 5.91 Å². The number of anilines is 1. The molecule has 0 fully saturated rings. The van der Waals surface area contributed by atoms with Gasteiger partial charge >= 0.3 is 0 Å². The fraction of sp³-hybridized carbons (Fsp3) is 0.0625. The molecule has 2 rings (SSSR count). The van der Waals surface area contributed by atoms with Crippen molar-refractivity contribution in [2.24, 2.45) is 5.10 Å². The predicted octanol–water partition coefficient (Wildman–Crippen LogP) is 3.72. The van der Waals surface area contributed by atoms with E-state index in [4.69, 9.17) is 23.2 Å². The molecule has 0 heterocycles. The predicted molar refractivity (Wildman–Crippen MR) is 92.3 cm³/mol. The summed E-state index contributed by atoms with van der Waals surface area (Å²) in [5.74, 6) is -0.567. The third-order valence-corrected chi connectivity index (χ3v) is 3.49. The molecule has 0 aliphatic carbocycles. The Bertz CT molecular complexity index is 738. The number of halogens is 2. The third kappa shape index (κ3) is 4.81. The molecule has 7 heteroatoms. The average molecular weight is 350 g/mol. The fourth-order valence-electron chi connectivity index (χ4n) is 1.76. The highest BCUT2D eigenvalue weighted by Crippen LogP contribution is 2.22. The Morgan fingerprint density at radius 2 is 1.65 bits per heavy atom. The van der Waals surface area contributed by atoms with Crippen LogP contribution >= 0.6 is 23.2 Å². The maximum atomic E-state index is 12.0. The van der Waals surface area contributed by atoms with E-state index in [0.29, 0.717) is 26.9 Å². The molecule has 5 nitrogen and oxygen atoms in total. The van der Waals surface area contributed by atoms with Crippen molar-refractivity contribution >= 4 is 46.9 Å². The number of hydrogen-bond donors (Lipinski definition) is 2. The van der Waals surface area contributed by atoms with Crippen molar-refractivity contribution in [3.63, 3.8) is 0 Å². The van der Waals surface area contributed by atoms with Crippen LogP contribution in [0.1, 0.15) is 22.8 Å². The topological polar surface area (TPSA) is 70.6 Å².